The Morgan fingerprint density at radius 2 is 1.88 bits per heavy atom. The van der Waals surface area contributed by atoms with Crippen LogP contribution in [0.2, 0.25) is 0 Å². The molecule has 6 unspecified atom stereocenters. The van der Waals surface area contributed by atoms with Crippen molar-refractivity contribution in [1.29, 1.82) is 0 Å². The van der Waals surface area contributed by atoms with Gasteiger partial charge in [0.05, 0.1) is 6.61 Å². The van der Waals surface area contributed by atoms with Gasteiger partial charge < -0.3 is 5.11 Å². The Morgan fingerprint density at radius 3 is 2.58 bits per heavy atom. The van der Waals surface area contributed by atoms with Gasteiger partial charge in [0, 0.05) is 5.41 Å². The summed E-state index contributed by atoms with van der Waals surface area (Å²) in [6.45, 7) is 11.7. The van der Waals surface area contributed by atoms with Crippen LogP contribution >= 0.6 is 0 Å². The van der Waals surface area contributed by atoms with E-state index in [0.29, 0.717) is 23.2 Å². The van der Waals surface area contributed by atoms with Gasteiger partial charge in [-0.3, -0.25) is 4.79 Å². The third-order valence-electron chi connectivity index (χ3n) is 8.85. The smallest absolute Gasteiger partial charge is 0.178 e. The van der Waals surface area contributed by atoms with E-state index in [1.165, 1.54) is 37.7 Å². The summed E-state index contributed by atoms with van der Waals surface area (Å²) in [6, 6.07) is 0. The molecule has 2 heteroatoms. The highest BCUT2D eigenvalue weighted by atomic mass is 16.3. The molecule has 0 aromatic carbocycles. The van der Waals surface area contributed by atoms with E-state index in [4.69, 9.17) is 0 Å². The Labute approximate surface area is 159 Å². The maximum atomic E-state index is 11.9. The number of allylic oxidation sites excluding steroid dienone is 4. The van der Waals surface area contributed by atoms with Gasteiger partial charge in [-0.05, 0) is 84.8 Å². The number of hydrogen-bond donors (Lipinski definition) is 1. The molecule has 3 saturated carbocycles. The molecule has 4 aliphatic rings. The number of ketones is 1. The fourth-order valence-electron chi connectivity index (χ4n) is 7.63. The first-order valence-corrected chi connectivity index (χ1v) is 9.98. The van der Waals surface area contributed by atoms with Gasteiger partial charge in [-0.15, -0.1) is 0 Å². The van der Waals surface area contributed by atoms with Gasteiger partial charge in [0.1, 0.15) is 0 Å². The lowest BCUT2D eigenvalue weighted by atomic mass is 9.41. The van der Waals surface area contributed by atoms with Crippen molar-refractivity contribution < 1.29 is 9.90 Å². The van der Waals surface area contributed by atoms with E-state index < -0.39 is 0 Å². The summed E-state index contributed by atoms with van der Waals surface area (Å²) in [5.74, 6) is 1.94. The van der Waals surface area contributed by atoms with Crippen LogP contribution in [0.15, 0.2) is 36.0 Å². The lowest BCUT2D eigenvalue weighted by Gasteiger charge is -2.63. The molecule has 0 spiro atoms. The molecule has 0 amide bonds. The SMILES string of the molecule is C.C=C(CO)C1CCC2C1(C)CCC1C3(C)C=CC(=O)C=C3CCC12C. The third-order valence-corrected chi connectivity index (χ3v) is 8.85. The summed E-state index contributed by atoms with van der Waals surface area (Å²) in [5.41, 5.74) is 3.04. The fraction of sp³-hybridized carbons (Fsp3) is 0.708. The molecule has 4 rings (SSSR count). The van der Waals surface area contributed by atoms with Crippen LogP contribution in [0.1, 0.15) is 66.7 Å². The zero-order chi connectivity index (χ0) is 18.0. The van der Waals surface area contributed by atoms with Gasteiger partial charge in [-0.1, -0.05) is 46.4 Å². The molecule has 0 saturated heterocycles. The van der Waals surface area contributed by atoms with Gasteiger partial charge in [0.15, 0.2) is 5.78 Å². The van der Waals surface area contributed by atoms with Gasteiger partial charge in [0.2, 0.25) is 0 Å². The van der Waals surface area contributed by atoms with E-state index in [2.05, 4.69) is 33.4 Å². The van der Waals surface area contributed by atoms with Crippen LogP contribution in [-0.2, 0) is 4.79 Å². The van der Waals surface area contributed by atoms with E-state index in [1.807, 2.05) is 6.08 Å². The van der Waals surface area contributed by atoms with Crippen molar-refractivity contribution in [3.8, 4) is 0 Å². The summed E-state index contributed by atoms with van der Waals surface area (Å²) >= 11 is 0. The molecule has 0 aromatic rings. The molecular weight excluding hydrogens is 320 g/mol. The molecule has 0 radical (unpaired) electrons. The zero-order valence-corrected chi connectivity index (χ0v) is 16.0. The quantitative estimate of drug-likeness (QED) is 0.665. The number of carbonyl (C=O) groups is 1. The fourth-order valence-corrected chi connectivity index (χ4v) is 7.63. The Kier molecular flexibility index (Phi) is 4.67. The van der Waals surface area contributed by atoms with Gasteiger partial charge in [0.25, 0.3) is 0 Å². The highest BCUT2D eigenvalue weighted by Crippen LogP contribution is 2.71. The first-order chi connectivity index (χ1) is 11.8. The maximum absolute atomic E-state index is 11.9. The average molecular weight is 357 g/mol. The van der Waals surface area contributed by atoms with Crippen LogP contribution in [0.25, 0.3) is 0 Å². The second kappa shape index (κ2) is 6.19. The number of aliphatic hydroxyl groups excluding tert-OH is 1. The van der Waals surface area contributed by atoms with Crippen LogP contribution in [0.4, 0.5) is 0 Å². The molecule has 2 nitrogen and oxygen atoms in total. The minimum Gasteiger partial charge on any atom is -0.392 e. The van der Waals surface area contributed by atoms with E-state index in [1.54, 1.807) is 6.08 Å². The highest BCUT2D eigenvalue weighted by Gasteiger charge is 2.63. The highest BCUT2D eigenvalue weighted by molar-refractivity contribution is 6.01. The van der Waals surface area contributed by atoms with Crippen molar-refractivity contribution in [3.05, 3.63) is 36.0 Å². The molecule has 3 fully saturated rings. The van der Waals surface area contributed by atoms with Crippen LogP contribution < -0.4 is 0 Å². The van der Waals surface area contributed by atoms with Crippen LogP contribution in [0, 0.1) is 34.0 Å². The molecule has 6 atom stereocenters. The number of carbonyl (C=O) groups excluding carboxylic acids is 1. The summed E-state index contributed by atoms with van der Waals surface area (Å²) in [5, 5.41) is 9.67. The summed E-state index contributed by atoms with van der Waals surface area (Å²) in [6.07, 6.45) is 13.0. The third kappa shape index (κ3) is 2.37. The molecular formula is C24H36O2. The van der Waals surface area contributed by atoms with E-state index in [9.17, 15) is 9.90 Å². The average Bonchev–Trinajstić information content (AvgIpc) is 2.93. The monoisotopic (exact) mass is 356 g/mol. The molecule has 0 aromatic heterocycles. The van der Waals surface area contributed by atoms with Crippen molar-refractivity contribution in [3.63, 3.8) is 0 Å². The lowest BCUT2D eigenvalue weighted by molar-refractivity contribution is -0.113. The minimum atomic E-state index is 0. The topological polar surface area (TPSA) is 37.3 Å². The lowest BCUT2D eigenvalue weighted by Crippen LogP contribution is -2.55. The van der Waals surface area contributed by atoms with Gasteiger partial charge in [-0.25, -0.2) is 0 Å². The molecule has 144 valence electrons. The van der Waals surface area contributed by atoms with E-state index in [-0.39, 0.29) is 30.6 Å². The number of hydrogen-bond acceptors (Lipinski definition) is 2. The maximum Gasteiger partial charge on any atom is 0.178 e. The van der Waals surface area contributed by atoms with Crippen LogP contribution in [0.5, 0.6) is 0 Å². The van der Waals surface area contributed by atoms with Crippen LogP contribution in [0.3, 0.4) is 0 Å². The summed E-state index contributed by atoms with van der Waals surface area (Å²) in [4.78, 5) is 11.9. The standard InChI is InChI=1S/C23H32O2.CH4/c1-15(14-24)18-5-6-19-22(18,3)12-9-20-21(2)11-8-17(25)13-16(21)7-10-23(19,20)4;/h8,11,13,18-20,24H,1,5-7,9-10,12,14H2,2-4H3;1H4. The molecule has 26 heavy (non-hydrogen) atoms. The normalized spacial score (nSPS) is 46.5. The van der Waals surface area contributed by atoms with E-state index >= 15 is 0 Å². The Hall–Kier alpha value is -1.15. The number of rotatable bonds is 2. The Bertz CT molecular complexity index is 686. The largest absolute Gasteiger partial charge is 0.392 e. The second-order valence-corrected chi connectivity index (χ2v) is 9.79. The number of fused-ring (bicyclic) bond motifs is 5. The predicted molar refractivity (Wildman–Crippen MR) is 108 cm³/mol. The predicted octanol–water partition coefficient (Wildman–Crippen LogP) is 5.49. The van der Waals surface area contributed by atoms with Crippen LogP contribution in [-0.4, -0.2) is 17.5 Å². The van der Waals surface area contributed by atoms with Gasteiger partial charge >= 0.3 is 0 Å². The molecule has 0 bridgehead atoms. The van der Waals surface area contributed by atoms with Gasteiger partial charge in [-0.2, -0.15) is 0 Å². The van der Waals surface area contributed by atoms with Crippen molar-refractivity contribution in [2.75, 3.05) is 6.61 Å². The molecule has 4 aliphatic carbocycles. The second-order valence-electron chi connectivity index (χ2n) is 9.79. The first-order valence-electron chi connectivity index (χ1n) is 9.98. The molecule has 0 heterocycles. The molecule has 0 aliphatic heterocycles. The van der Waals surface area contributed by atoms with E-state index in [0.717, 1.165) is 12.0 Å². The Morgan fingerprint density at radius 1 is 1.15 bits per heavy atom. The zero-order valence-electron chi connectivity index (χ0n) is 16.0. The first kappa shape index (κ1) is 19.6. The van der Waals surface area contributed by atoms with Crippen molar-refractivity contribution in [2.24, 2.45) is 34.0 Å². The van der Waals surface area contributed by atoms with Crippen molar-refractivity contribution in [1.82, 2.24) is 0 Å². The number of aliphatic hydroxyl groups is 1. The van der Waals surface area contributed by atoms with Crippen molar-refractivity contribution >= 4 is 5.78 Å². The summed E-state index contributed by atoms with van der Waals surface area (Å²) in [7, 11) is 0. The molecule has 1 N–H and O–H groups in total. The van der Waals surface area contributed by atoms with Crippen molar-refractivity contribution in [2.45, 2.75) is 66.7 Å². The minimum absolute atomic E-state index is 0. The Balaban J connectivity index is 0.00000196. The summed E-state index contributed by atoms with van der Waals surface area (Å²) < 4.78 is 0.